The molecule has 106 valence electrons. The molecule has 0 aliphatic carbocycles. The molecule has 0 amide bonds. The number of benzene rings is 1. The summed E-state index contributed by atoms with van der Waals surface area (Å²) >= 11 is 4.08. The van der Waals surface area contributed by atoms with Gasteiger partial charge >= 0.3 is 0 Å². The zero-order chi connectivity index (χ0) is 14.9. The van der Waals surface area contributed by atoms with Crippen molar-refractivity contribution in [2.75, 3.05) is 4.72 Å². The third-order valence-electron chi connectivity index (χ3n) is 2.21. The Morgan fingerprint density at radius 3 is 2.55 bits per heavy atom. The molecule has 10 heteroatoms. The highest BCUT2D eigenvalue weighted by Gasteiger charge is 2.22. The van der Waals surface area contributed by atoms with Gasteiger partial charge in [0.25, 0.3) is 15.7 Å². The quantitative estimate of drug-likeness (QED) is 0.650. The average molecular weight is 381 g/mol. The van der Waals surface area contributed by atoms with Gasteiger partial charge in [-0.1, -0.05) is 0 Å². The molecule has 0 unspecified atom stereocenters. The number of sulfonamides is 1. The number of nitrogens with one attached hydrogen (secondary N) is 1. The summed E-state index contributed by atoms with van der Waals surface area (Å²) in [4.78, 5) is 9.94. The van der Waals surface area contributed by atoms with Gasteiger partial charge in [0.2, 0.25) is 0 Å². The van der Waals surface area contributed by atoms with Crippen molar-refractivity contribution < 1.29 is 17.7 Å². The van der Waals surface area contributed by atoms with Crippen LogP contribution in [0.25, 0.3) is 0 Å². The van der Waals surface area contributed by atoms with Crippen LogP contribution < -0.4 is 4.72 Å². The highest BCUT2D eigenvalue weighted by molar-refractivity contribution is 9.11. The average Bonchev–Trinajstić information content (AvgIpc) is 2.78. The number of hydrogen-bond acceptors (Lipinski definition) is 5. The number of nitro benzene ring substituents is 1. The monoisotopic (exact) mass is 380 g/mol. The van der Waals surface area contributed by atoms with E-state index in [9.17, 15) is 22.9 Å². The molecule has 0 radical (unpaired) electrons. The predicted molar refractivity (Wildman–Crippen MR) is 75.9 cm³/mol. The molecular weight excluding hydrogens is 375 g/mol. The molecule has 2 rings (SSSR count). The zero-order valence-electron chi connectivity index (χ0n) is 9.54. The fourth-order valence-electron chi connectivity index (χ4n) is 1.38. The molecule has 0 bridgehead atoms. The van der Waals surface area contributed by atoms with Gasteiger partial charge in [-0.25, -0.2) is 12.8 Å². The highest BCUT2D eigenvalue weighted by atomic mass is 79.9. The van der Waals surface area contributed by atoms with E-state index in [-0.39, 0.29) is 9.90 Å². The van der Waals surface area contributed by atoms with Crippen LogP contribution in [-0.2, 0) is 10.0 Å². The van der Waals surface area contributed by atoms with Gasteiger partial charge in [0.15, 0.2) is 0 Å². The Morgan fingerprint density at radius 1 is 1.30 bits per heavy atom. The number of hydrogen-bond donors (Lipinski definition) is 1. The van der Waals surface area contributed by atoms with Gasteiger partial charge in [-0.3, -0.25) is 14.8 Å². The lowest BCUT2D eigenvalue weighted by Gasteiger charge is -2.06. The van der Waals surface area contributed by atoms with Crippen LogP contribution in [0.4, 0.5) is 15.8 Å². The maximum absolute atomic E-state index is 13.0. The fourth-order valence-corrected chi connectivity index (χ4v) is 4.46. The summed E-state index contributed by atoms with van der Waals surface area (Å²) in [6, 6.07) is 5.50. The predicted octanol–water partition coefficient (Wildman–Crippen LogP) is 3.36. The molecule has 0 saturated carbocycles. The molecule has 1 heterocycles. The SMILES string of the molecule is O=[N+]([O-])c1cc(F)ccc1NS(=O)(=O)c1ccc(Br)s1. The maximum atomic E-state index is 13.0. The van der Waals surface area contributed by atoms with E-state index < -0.39 is 26.5 Å². The first-order valence-electron chi connectivity index (χ1n) is 5.02. The maximum Gasteiger partial charge on any atom is 0.296 e. The van der Waals surface area contributed by atoms with Gasteiger partial charge < -0.3 is 0 Å². The van der Waals surface area contributed by atoms with Crippen LogP contribution in [-0.4, -0.2) is 13.3 Å². The summed E-state index contributed by atoms with van der Waals surface area (Å²) in [5, 5.41) is 10.8. The number of anilines is 1. The molecule has 6 nitrogen and oxygen atoms in total. The second-order valence-electron chi connectivity index (χ2n) is 3.58. The summed E-state index contributed by atoms with van der Waals surface area (Å²) in [7, 11) is -3.95. The first-order chi connectivity index (χ1) is 9.29. The molecule has 1 aromatic carbocycles. The van der Waals surface area contributed by atoms with Crippen LogP contribution in [0.15, 0.2) is 38.3 Å². The molecule has 0 saturated heterocycles. The molecule has 20 heavy (non-hydrogen) atoms. The Labute approximate surface area is 125 Å². The Hall–Kier alpha value is -1.52. The summed E-state index contributed by atoms with van der Waals surface area (Å²) in [5.74, 6) is -0.821. The Morgan fingerprint density at radius 2 is 2.00 bits per heavy atom. The lowest BCUT2D eigenvalue weighted by Crippen LogP contribution is -2.12. The molecule has 0 aliphatic heterocycles. The standard InChI is InChI=1S/C10H6BrFN2O4S2/c11-9-3-4-10(19-9)20(17,18)13-7-2-1-6(12)5-8(7)14(15)16/h1-5,13H. The van der Waals surface area contributed by atoms with Crippen LogP contribution in [0.3, 0.4) is 0 Å². The van der Waals surface area contributed by atoms with Gasteiger partial charge in [-0.2, -0.15) is 0 Å². The molecule has 0 spiro atoms. The van der Waals surface area contributed by atoms with Crippen LogP contribution in [0, 0.1) is 15.9 Å². The topological polar surface area (TPSA) is 89.3 Å². The normalized spacial score (nSPS) is 11.3. The van der Waals surface area contributed by atoms with Crippen molar-refractivity contribution in [2.24, 2.45) is 0 Å². The van der Waals surface area contributed by atoms with E-state index in [1.54, 1.807) is 0 Å². The lowest BCUT2D eigenvalue weighted by molar-refractivity contribution is -0.384. The van der Waals surface area contributed by atoms with Gasteiger partial charge in [0, 0.05) is 0 Å². The highest BCUT2D eigenvalue weighted by Crippen LogP contribution is 2.31. The third-order valence-corrected chi connectivity index (χ3v) is 5.70. The third kappa shape index (κ3) is 3.14. The van der Waals surface area contributed by atoms with E-state index in [0.29, 0.717) is 9.85 Å². The van der Waals surface area contributed by atoms with E-state index in [1.165, 1.54) is 12.1 Å². The first kappa shape index (κ1) is 14.9. The summed E-state index contributed by atoms with van der Waals surface area (Å²) < 4.78 is 39.7. The van der Waals surface area contributed by atoms with Crippen molar-refractivity contribution in [3.05, 3.63) is 50.0 Å². The molecule has 0 aliphatic rings. The van der Waals surface area contributed by atoms with E-state index in [4.69, 9.17) is 0 Å². The van der Waals surface area contributed by atoms with Gasteiger partial charge in [-0.05, 0) is 40.2 Å². The van der Waals surface area contributed by atoms with Crippen LogP contribution in [0.1, 0.15) is 0 Å². The van der Waals surface area contributed by atoms with E-state index in [0.717, 1.165) is 23.5 Å². The van der Waals surface area contributed by atoms with Gasteiger partial charge in [0.05, 0.1) is 14.8 Å². The van der Waals surface area contributed by atoms with Gasteiger partial charge in [-0.15, -0.1) is 11.3 Å². The number of halogens is 2. The van der Waals surface area contributed by atoms with E-state index >= 15 is 0 Å². The second kappa shape index (κ2) is 5.46. The van der Waals surface area contributed by atoms with Crippen molar-refractivity contribution >= 4 is 48.7 Å². The first-order valence-corrected chi connectivity index (χ1v) is 8.11. The van der Waals surface area contributed by atoms with Crippen molar-refractivity contribution in [3.8, 4) is 0 Å². The van der Waals surface area contributed by atoms with Crippen LogP contribution in [0.2, 0.25) is 0 Å². The number of thiophene rings is 1. The van der Waals surface area contributed by atoms with E-state index in [2.05, 4.69) is 20.7 Å². The van der Waals surface area contributed by atoms with E-state index in [1.807, 2.05) is 0 Å². The van der Waals surface area contributed by atoms with Crippen molar-refractivity contribution in [3.63, 3.8) is 0 Å². The molecular formula is C10H6BrFN2O4S2. The smallest absolute Gasteiger partial charge is 0.272 e. The number of nitrogens with zero attached hydrogens (tertiary/aromatic N) is 1. The minimum atomic E-state index is -3.95. The lowest BCUT2D eigenvalue weighted by atomic mass is 10.3. The Balaban J connectivity index is 2.42. The number of nitro groups is 1. The van der Waals surface area contributed by atoms with Crippen LogP contribution in [0.5, 0.6) is 0 Å². The molecule has 2 aromatic rings. The van der Waals surface area contributed by atoms with Crippen molar-refractivity contribution in [1.29, 1.82) is 0 Å². The van der Waals surface area contributed by atoms with Crippen molar-refractivity contribution in [2.45, 2.75) is 4.21 Å². The molecule has 0 fully saturated rings. The number of rotatable bonds is 4. The largest absolute Gasteiger partial charge is 0.296 e. The molecule has 1 N–H and O–H groups in total. The Bertz CT molecular complexity index is 775. The zero-order valence-corrected chi connectivity index (χ0v) is 12.8. The minimum absolute atomic E-state index is 0.0111. The summed E-state index contributed by atoms with van der Waals surface area (Å²) in [6.45, 7) is 0. The fraction of sp³-hybridized carbons (Fsp3) is 0. The molecule has 1 aromatic heterocycles. The summed E-state index contributed by atoms with van der Waals surface area (Å²) in [6.07, 6.45) is 0. The minimum Gasteiger partial charge on any atom is -0.272 e. The Kier molecular flexibility index (Phi) is 4.06. The van der Waals surface area contributed by atoms with Gasteiger partial charge in [0.1, 0.15) is 15.7 Å². The second-order valence-corrected chi connectivity index (χ2v) is 7.95. The summed E-state index contributed by atoms with van der Waals surface area (Å²) in [5.41, 5.74) is -0.940. The van der Waals surface area contributed by atoms with Crippen molar-refractivity contribution in [1.82, 2.24) is 0 Å². The van der Waals surface area contributed by atoms with Crippen LogP contribution >= 0.6 is 27.3 Å². The molecule has 0 atom stereocenters.